The smallest absolute Gasteiger partial charge is 0.140 e. The van der Waals surface area contributed by atoms with Gasteiger partial charge in [0.15, 0.2) is 0 Å². The summed E-state index contributed by atoms with van der Waals surface area (Å²) in [5.74, 6) is 0.815. The summed E-state index contributed by atoms with van der Waals surface area (Å²) < 4.78 is 5.52. The van der Waals surface area contributed by atoms with E-state index in [1.807, 2.05) is 35.7 Å². The number of hydrogen-bond acceptors (Lipinski definition) is 5. The fourth-order valence-electron chi connectivity index (χ4n) is 1.17. The number of oxime groups is 1. The van der Waals surface area contributed by atoms with Crippen LogP contribution in [0.25, 0.3) is 0 Å². The van der Waals surface area contributed by atoms with Crippen LogP contribution in [-0.2, 0) is 6.61 Å². The van der Waals surface area contributed by atoms with Gasteiger partial charge in [-0.2, -0.15) is 0 Å². The second-order valence-electron chi connectivity index (χ2n) is 3.01. The van der Waals surface area contributed by atoms with Crippen molar-refractivity contribution in [3.05, 3.63) is 46.4 Å². The number of benzene rings is 1. The van der Waals surface area contributed by atoms with Gasteiger partial charge in [-0.1, -0.05) is 23.4 Å². The van der Waals surface area contributed by atoms with Crippen LogP contribution in [0.5, 0.6) is 5.75 Å². The zero-order valence-corrected chi connectivity index (χ0v) is 9.22. The lowest BCUT2D eigenvalue weighted by Gasteiger charge is -2.02. The van der Waals surface area contributed by atoms with E-state index in [1.54, 1.807) is 0 Å². The Hall–Kier alpha value is -1.88. The molecule has 0 radical (unpaired) electrons. The summed E-state index contributed by atoms with van der Waals surface area (Å²) >= 11 is 1.47. The summed E-state index contributed by atoms with van der Waals surface area (Å²) in [6.45, 7) is 0.425. The van der Waals surface area contributed by atoms with E-state index in [4.69, 9.17) is 9.94 Å². The van der Waals surface area contributed by atoms with Crippen LogP contribution in [-0.4, -0.2) is 16.4 Å². The van der Waals surface area contributed by atoms with Crippen LogP contribution in [0.2, 0.25) is 0 Å². The third-order valence-electron chi connectivity index (χ3n) is 1.87. The number of hydrogen-bond donors (Lipinski definition) is 1. The first-order valence-electron chi connectivity index (χ1n) is 4.68. The van der Waals surface area contributed by atoms with Gasteiger partial charge in [-0.3, -0.25) is 0 Å². The average Bonchev–Trinajstić information content (AvgIpc) is 2.76. The Morgan fingerprint density at radius 3 is 2.94 bits per heavy atom. The van der Waals surface area contributed by atoms with E-state index < -0.39 is 0 Å². The predicted octanol–water partition coefficient (Wildman–Crippen LogP) is 2.53. The van der Waals surface area contributed by atoms with Crippen molar-refractivity contribution in [3.63, 3.8) is 0 Å². The van der Waals surface area contributed by atoms with Gasteiger partial charge >= 0.3 is 0 Å². The first-order valence-corrected chi connectivity index (χ1v) is 5.56. The van der Waals surface area contributed by atoms with Crippen molar-refractivity contribution in [2.24, 2.45) is 5.16 Å². The Morgan fingerprint density at radius 1 is 1.38 bits per heavy atom. The van der Waals surface area contributed by atoms with Crippen molar-refractivity contribution in [3.8, 4) is 5.75 Å². The van der Waals surface area contributed by atoms with Crippen LogP contribution < -0.4 is 4.74 Å². The third kappa shape index (κ3) is 2.80. The summed E-state index contributed by atoms with van der Waals surface area (Å²) in [5, 5.41) is 13.9. The first kappa shape index (κ1) is 10.6. The van der Waals surface area contributed by atoms with E-state index in [1.165, 1.54) is 17.6 Å². The molecule has 0 unspecified atom stereocenters. The molecule has 0 spiro atoms. The zero-order valence-electron chi connectivity index (χ0n) is 8.41. The molecule has 0 saturated heterocycles. The molecule has 1 heterocycles. The molecule has 4 nitrogen and oxygen atoms in total. The normalized spacial score (nSPS) is 10.8. The van der Waals surface area contributed by atoms with E-state index in [9.17, 15) is 0 Å². The Labute approximate surface area is 96.8 Å². The second-order valence-corrected chi connectivity index (χ2v) is 3.96. The van der Waals surface area contributed by atoms with Crippen molar-refractivity contribution in [2.75, 3.05) is 0 Å². The summed E-state index contributed by atoms with van der Waals surface area (Å²) in [4.78, 5) is 4.20. The number of nitrogens with zero attached hydrogens (tertiary/aromatic N) is 2. The lowest BCUT2D eigenvalue weighted by molar-refractivity contribution is 0.305. The molecule has 0 fully saturated rings. The number of thiazole rings is 1. The molecule has 0 aliphatic carbocycles. The predicted molar refractivity (Wildman–Crippen MR) is 62.3 cm³/mol. The van der Waals surface area contributed by atoms with Crippen LogP contribution >= 0.6 is 11.3 Å². The maximum Gasteiger partial charge on any atom is 0.140 e. The van der Waals surface area contributed by atoms with Gasteiger partial charge < -0.3 is 9.94 Å². The monoisotopic (exact) mass is 234 g/mol. The Bertz CT molecular complexity index is 468. The Kier molecular flexibility index (Phi) is 3.50. The summed E-state index contributed by atoms with van der Waals surface area (Å²) in [5.41, 5.74) is 0.638. The first-order chi connectivity index (χ1) is 7.88. The number of aromatic nitrogens is 1. The van der Waals surface area contributed by atoms with Gasteiger partial charge in [0.05, 0.1) is 11.9 Å². The molecule has 16 heavy (non-hydrogen) atoms. The summed E-state index contributed by atoms with van der Waals surface area (Å²) in [7, 11) is 0. The maximum absolute atomic E-state index is 8.34. The molecular formula is C11H10N2O2S. The lowest BCUT2D eigenvalue weighted by atomic mass is 10.3. The van der Waals surface area contributed by atoms with E-state index in [-0.39, 0.29) is 0 Å². The SMILES string of the molecule is O/N=C/c1csc(COc2ccccc2)n1. The standard InChI is InChI=1S/C11H10N2O2S/c14-12-6-9-8-16-11(13-9)7-15-10-4-2-1-3-5-10/h1-6,8,14H,7H2/b12-6+. The fourth-order valence-corrected chi connectivity index (χ4v) is 1.83. The van der Waals surface area contributed by atoms with Gasteiger partial charge in [0, 0.05) is 5.38 Å². The number of para-hydroxylation sites is 1. The highest BCUT2D eigenvalue weighted by molar-refractivity contribution is 7.09. The maximum atomic E-state index is 8.34. The van der Waals surface area contributed by atoms with Crippen molar-refractivity contribution >= 4 is 17.6 Å². The van der Waals surface area contributed by atoms with Crippen molar-refractivity contribution in [1.29, 1.82) is 0 Å². The van der Waals surface area contributed by atoms with Crippen LogP contribution in [0.3, 0.4) is 0 Å². The molecule has 2 rings (SSSR count). The molecule has 1 aromatic carbocycles. The van der Waals surface area contributed by atoms with Crippen molar-refractivity contribution in [2.45, 2.75) is 6.61 Å². The molecule has 0 amide bonds. The Morgan fingerprint density at radius 2 is 2.19 bits per heavy atom. The minimum Gasteiger partial charge on any atom is -0.486 e. The molecule has 1 N–H and O–H groups in total. The quantitative estimate of drug-likeness (QED) is 0.502. The van der Waals surface area contributed by atoms with Gasteiger partial charge in [0.2, 0.25) is 0 Å². The molecule has 82 valence electrons. The van der Waals surface area contributed by atoms with Gasteiger partial charge in [-0.25, -0.2) is 4.98 Å². The van der Waals surface area contributed by atoms with Crippen LogP contribution in [0, 0.1) is 0 Å². The molecule has 0 aliphatic rings. The molecule has 0 aliphatic heterocycles. The number of rotatable bonds is 4. The van der Waals surface area contributed by atoms with Crippen LogP contribution in [0.1, 0.15) is 10.7 Å². The second kappa shape index (κ2) is 5.27. The lowest BCUT2D eigenvalue weighted by Crippen LogP contribution is -1.94. The third-order valence-corrected chi connectivity index (χ3v) is 2.71. The molecular weight excluding hydrogens is 224 g/mol. The van der Waals surface area contributed by atoms with Crippen LogP contribution in [0.15, 0.2) is 40.9 Å². The largest absolute Gasteiger partial charge is 0.486 e. The van der Waals surface area contributed by atoms with Crippen molar-refractivity contribution < 1.29 is 9.94 Å². The fraction of sp³-hybridized carbons (Fsp3) is 0.0909. The highest BCUT2D eigenvalue weighted by atomic mass is 32.1. The molecule has 2 aromatic rings. The minimum absolute atomic E-state index is 0.425. The van der Waals surface area contributed by atoms with E-state index in [0.29, 0.717) is 12.3 Å². The van der Waals surface area contributed by atoms with Gasteiger partial charge in [0.1, 0.15) is 17.4 Å². The van der Waals surface area contributed by atoms with Gasteiger partial charge in [-0.15, -0.1) is 11.3 Å². The topological polar surface area (TPSA) is 54.7 Å². The molecule has 1 aromatic heterocycles. The summed E-state index contributed by atoms with van der Waals surface area (Å²) in [6, 6.07) is 9.56. The summed E-state index contributed by atoms with van der Waals surface area (Å²) in [6.07, 6.45) is 1.29. The molecule has 0 bridgehead atoms. The molecule has 5 heteroatoms. The average molecular weight is 234 g/mol. The molecule has 0 atom stereocenters. The van der Waals surface area contributed by atoms with Gasteiger partial charge in [-0.05, 0) is 12.1 Å². The van der Waals surface area contributed by atoms with Gasteiger partial charge in [0.25, 0.3) is 0 Å². The van der Waals surface area contributed by atoms with Crippen molar-refractivity contribution in [1.82, 2.24) is 4.98 Å². The van der Waals surface area contributed by atoms with E-state index in [0.717, 1.165) is 10.8 Å². The Balaban J connectivity index is 1.94. The minimum atomic E-state index is 0.425. The zero-order chi connectivity index (χ0) is 11.2. The molecule has 0 saturated carbocycles. The highest BCUT2D eigenvalue weighted by Crippen LogP contribution is 2.14. The highest BCUT2D eigenvalue weighted by Gasteiger charge is 2.01. The number of ether oxygens (including phenoxy) is 1. The van der Waals surface area contributed by atoms with E-state index in [2.05, 4.69) is 10.1 Å². The van der Waals surface area contributed by atoms with E-state index >= 15 is 0 Å². The van der Waals surface area contributed by atoms with Crippen LogP contribution in [0.4, 0.5) is 0 Å².